The molecule has 0 saturated heterocycles. The Hall–Kier alpha value is -1.84. The Labute approximate surface area is 125 Å². The van der Waals surface area contributed by atoms with E-state index in [1.165, 1.54) is 0 Å². The van der Waals surface area contributed by atoms with Crippen molar-refractivity contribution in [1.29, 1.82) is 0 Å². The van der Waals surface area contributed by atoms with Crippen molar-refractivity contribution in [2.75, 3.05) is 0 Å². The fourth-order valence-electron chi connectivity index (χ4n) is 2.97. The largest absolute Gasteiger partial charge is 0.478 e. The molecule has 4 heteroatoms. The molecule has 1 aromatic heterocycles. The van der Waals surface area contributed by atoms with Gasteiger partial charge in [0.2, 0.25) is 0 Å². The average Bonchev–Trinajstić information content (AvgIpc) is 2.77. The van der Waals surface area contributed by atoms with E-state index in [9.17, 15) is 9.90 Å². The zero-order valence-electron chi connectivity index (χ0n) is 13.5. The van der Waals surface area contributed by atoms with Gasteiger partial charge in [-0.15, -0.1) is 0 Å². The van der Waals surface area contributed by atoms with Crippen molar-refractivity contribution in [2.45, 2.75) is 58.9 Å². The monoisotopic (exact) mass is 288 g/mol. The highest BCUT2D eigenvalue weighted by atomic mass is 16.4. The van der Waals surface area contributed by atoms with E-state index in [-0.39, 0.29) is 5.54 Å². The molecule has 114 valence electrons. The molecule has 0 amide bonds. The second kappa shape index (κ2) is 5.51. The lowest BCUT2D eigenvalue weighted by atomic mass is 9.97. The molecule has 0 fully saturated rings. The molecule has 1 N–H and O–H groups in total. The number of benzene rings is 1. The van der Waals surface area contributed by atoms with Crippen molar-refractivity contribution in [3.05, 3.63) is 29.6 Å². The minimum absolute atomic E-state index is 0.0831. The van der Waals surface area contributed by atoms with E-state index in [1.807, 2.05) is 6.07 Å². The fraction of sp³-hybridized carbons (Fsp3) is 0.529. The number of fused-ring (bicyclic) bond motifs is 1. The Morgan fingerprint density at radius 3 is 2.57 bits per heavy atom. The predicted octanol–water partition coefficient (Wildman–Crippen LogP) is 4.39. The summed E-state index contributed by atoms with van der Waals surface area (Å²) in [6.07, 6.45) is 2.10. The predicted molar refractivity (Wildman–Crippen MR) is 85.0 cm³/mol. The molecule has 21 heavy (non-hydrogen) atoms. The SMILES string of the molecule is CCCC(C)(C)n1c(C(C)C)nc2ccc(C(=O)O)cc21. The van der Waals surface area contributed by atoms with Crippen LogP contribution in [0, 0.1) is 0 Å². The van der Waals surface area contributed by atoms with Crippen LogP contribution in [0.25, 0.3) is 11.0 Å². The maximum absolute atomic E-state index is 11.2. The summed E-state index contributed by atoms with van der Waals surface area (Å²) in [5.74, 6) is 0.414. The molecule has 0 radical (unpaired) electrons. The Bertz CT molecular complexity index is 669. The molecule has 0 saturated carbocycles. The van der Waals surface area contributed by atoms with Crippen LogP contribution < -0.4 is 0 Å². The third kappa shape index (κ3) is 2.80. The molecule has 1 aromatic carbocycles. The lowest BCUT2D eigenvalue weighted by Gasteiger charge is -2.30. The van der Waals surface area contributed by atoms with Crippen LogP contribution >= 0.6 is 0 Å². The van der Waals surface area contributed by atoms with Crippen molar-refractivity contribution < 1.29 is 9.90 Å². The lowest BCUT2D eigenvalue weighted by Crippen LogP contribution is -2.28. The number of rotatable bonds is 5. The highest BCUT2D eigenvalue weighted by Crippen LogP contribution is 2.32. The summed E-state index contributed by atoms with van der Waals surface area (Å²) >= 11 is 0. The molecule has 0 aliphatic heterocycles. The van der Waals surface area contributed by atoms with E-state index in [1.54, 1.807) is 12.1 Å². The van der Waals surface area contributed by atoms with Crippen LogP contribution in [-0.2, 0) is 5.54 Å². The van der Waals surface area contributed by atoms with Crippen molar-refractivity contribution in [2.24, 2.45) is 0 Å². The van der Waals surface area contributed by atoms with E-state index >= 15 is 0 Å². The van der Waals surface area contributed by atoms with Gasteiger partial charge in [-0.3, -0.25) is 0 Å². The van der Waals surface area contributed by atoms with E-state index in [2.05, 4.69) is 39.2 Å². The molecule has 0 aliphatic rings. The number of imidazole rings is 1. The first kappa shape index (κ1) is 15.5. The molecule has 0 bridgehead atoms. The Balaban J connectivity index is 2.76. The van der Waals surface area contributed by atoms with Crippen LogP contribution in [0.5, 0.6) is 0 Å². The highest BCUT2D eigenvalue weighted by molar-refractivity contribution is 5.92. The summed E-state index contributed by atoms with van der Waals surface area (Å²) in [7, 11) is 0. The van der Waals surface area contributed by atoms with Crippen molar-refractivity contribution in [3.63, 3.8) is 0 Å². The zero-order chi connectivity index (χ0) is 15.8. The van der Waals surface area contributed by atoms with E-state index in [0.717, 1.165) is 29.7 Å². The average molecular weight is 288 g/mol. The Morgan fingerprint density at radius 1 is 1.38 bits per heavy atom. The number of carboxylic acid groups (broad SMARTS) is 1. The van der Waals surface area contributed by atoms with E-state index in [0.29, 0.717) is 11.5 Å². The molecule has 1 heterocycles. The topological polar surface area (TPSA) is 55.1 Å². The van der Waals surface area contributed by atoms with Gasteiger partial charge in [-0.1, -0.05) is 27.2 Å². The minimum Gasteiger partial charge on any atom is -0.478 e. The van der Waals surface area contributed by atoms with Gasteiger partial charge in [-0.2, -0.15) is 0 Å². The standard InChI is InChI=1S/C17H24N2O2/c1-6-9-17(4,5)19-14-10-12(16(20)21)7-8-13(14)18-15(19)11(2)3/h7-8,10-11H,6,9H2,1-5H3,(H,20,21). The van der Waals surface area contributed by atoms with Crippen molar-refractivity contribution >= 4 is 17.0 Å². The Kier molecular flexibility index (Phi) is 4.08. The van der Waals surface area contributed by atoms with Gasteiger partial charge in [-0.25, -0.2) is 9.78 Å². The highest BCUT2D eigenvalue weighted by Gasteiger charge is 2.26. The number of aromatic nitrogens is 2. The summed E-state index contributed by atoms with van der Waals surface area (Å²) in [6, 6.07) is 5.18. The van der Waals surface area contributed by atoms with Crippen LogP contribution in [0.4, 0.5) is 0 Å². The molecule has 4 nitrogen and oxygen atoms in total. The van der Waals surface area contributed by atoms with Crippen molar-refractivity contribution in [3.8, 4) is 0 Å². The second-order valence-electron chi connectivity index (χ2n) is 6.53. The van der Waals surface area contributed by atoms with Crippen LogP contribution in [0.15, 0.2) is 18.2 Å². The van der Waals surface area contributed by atoms with Crippen LogP contribution in [0.3, 0.4) is 0 Å². The maximum Gasteiger partial charge on any atom is 0.335 e. The van der Waals surface area contributed by atoms with Crippen LogP contribution in [-0.4, -0.2) is 20.6 Å². The summed E-state index contributed by atoms with van der Waals surface area (Å²) in [4.78, 5) is 16.0. The maximum atomic E-state index is 11.2. The molecular weight excluding hydrogens is 264 g/mol. The summed E-state index contributed by atoms with van der Waals surface area (Å²) in [6.45, 7) is 10.8. The zero-order valence-corrected chi connectivity index (χ0v) is 13.5. The van der Waals surface area contributed by atoms with Gasteiger partial charge < -0.3 is 9.67 Å². The van der Waals surface area contributed by atoms with Gasteiger partial charge in [0.25, 0.3) is 0 Å². The number of hydrogen-bond acceptors (Lipinski definition) is 2. The number of aromatic carboxylic acids is 1. The quantitative estimate of drug-likeness (QED) is 0.887. The van der Waals surface area contributed by atoms with Gasteiger partial charge in [0.15, 0.2) is 0 Å². The number of carbonyl (C=O) groups is 1. The summed E-state index contributed by atoms with van der Waals surface area (Å²) < 4.78 is 2.23. The van der Waals surface area contributed by atoms with E-state index in [4.69, 9.17) is 4.98 Å². The molecule has 2 rings (SSSR count). The van der Waals surface area contributed by atoms with Crippen LogP contribution in [0.1, 0.15) is 69.6 Å². The Morgan fingerprint density at radius 2 is 2.05 bits per heavy atom. The molecule has 0 unspecified atom stereocenters. The first-order valence-electron chi connectivity index (χ1n) is 7.54. The van der Waals surface area contributed by atoms with Gasteiger partial charge >= 0.3 is 5.97 Å². The fourth-order valence-corrected chi connectivity index (χ4v) is 2.97. The van der Waals surface area contributed by atoms with Gasteiger partial charge in [0.05, 0.1) is 16.6 Å². The number of carboxylic acids is 1. The lowest BCUT2D eigenvalue weighted by molar-refractivity contribution is 0.0697. The molecule has 0 atom stereocenters. The second-order valence-corrected chi connectivity index (χ2v) is 6.53. The molecule has 0 spiro atoms. The van der Waals surface area contributed by atoms with Crippen molar-refractivity contribution in [1.82, 2.24) is 9.55 Å². The molecular formula is C17H24N2O2. The smallest absolute Gasteiger partial charge is 0.335 e. The van der Waals surface area contributed by atoms with Gasteiger partial charge in [0, 0.05) is 11.5 Å². The minimum atomic E-state index is -0.899. The van der Waals surface area contributed by atoms with E-state index < -0.39 is 5.97 Å². The summed E-state index contributed by atoms with van der Waals surface area (Å²) in [5.41, 5.74) is 2.01. The molecule has 0 aliphatic carbocycles. The number of hydrogen-bond donors (Lipinski definition) is 1. The number of nitrogens with zero attached hydrogens (tertiary/aromatic N) is 2. The third-order valence-corrected chi connectivity index (χ3v) is 3.91. The first-order chi connectivity index (χ1) is 9.77. The van der Waals surface area contributed by atoms with Gasteiger partial charge in [0.1, 0.15) is 5.82 Å². The first-order valence-corrected chi connectivity index (χ1v) is 7.54. The normalized spacial score (nSPS) is 12.3. The molecule has 2 aromatic rings. The third-order valence-electron chi connectivity index (χ3n) is 3.91. The summed E-state index contributed by atoms with van der Waals surface area (Å²) in [5, 5.41) is 9.23. The van der Waals surface area contributed by atoms with Crippen LogP contribution in [0.2, 0.25) is 0 Å². The van der Waals surface area contributed by atoms with Gasteiger partial charge in [-0.05, 0) is 38.5 Å².